The number of nitrogens with zero attached hydrogens (tertiary/aromatic N) is 4. The minimum atomic E-state index is -0.386. The van der Waals surface area contributed by atoms with Gasteiger partial charge in [0.05, 0.1) is 22.4 Å². The predicted octanol–water partition coefficient (Wildman–Crippen LogP) is 5.18. The number of hydrogen-bond acceptors (Lipinski definition) is 5. The van der Waals surface area contributed by atoms with Gasteiger partial charge in [0.2, 0.25) is 11.8 Å². The van der Waals surface area contributed by atoms with Crippen molar-refractivity contribution in [3.05, 3.63) is 101 Å². The molecule has 206 valence electrons. The van der Waals surface area contributed by atoms with E-state index in [1.807, 2.05) is 73.6 Å². The molecule has 0 saturated heterocycles. The Morgan fingerprint density at radius 3 is 2.48 bits per heavy atom. The highest BCUT2D eigenvalue weighted by atomic mass is 35.5. The summed E-state index contributed by atoms with van der Waals surface area (Å²) in [5, 5.41) is 8.12. The van der Waals surface area contributed by atoms with Crippen molar-refractivity contribution in [2.24, 2.45) is 0 Å². The third-order valence-electron chi connectivity index (χ3n) is 6.58. The number of aromatic nitrogens is 2. The average Bonchev–Trinajstić information content (AvgIpc) is 3.27. The van der Waals surface area contributed by atoms with Gasteiger partial charge < -0.3 is 10.2 Å². The van der Waals surface area contributed by atoms with Gasteiger partial charge in [0.25, 0.3) is 0 Å². The van der Waals surface area contributed by atoms with Gasteiger partial charge in [-0.3, -0.25) is 14.5 Å². The second-order valence-electron chi connectivity index (χ2n) is 9.69. The first-order valence-corrected chi connectivity index (χ1v) is 14.3. The summed E-state index contributed by atoms with van der Waals surface area (Å²) in [7, 11) is 3.85. The van der Waals surface area contributed by atoms with E-state index in [1.54, 1.807) is 16.8 Å². The number of hydrogen-bond donors (Lipinski definition) is 1. The largest absolute Gasteiger partial charge is 0.353 e. The number of anilines is 1. The van der Waals surface area contributed by atoms with E-state index in [2.05, 4.69) is 5.32 Å². The van der Waals surface area contributed by atoms with Crippen LogP contribution in [0.3, 0.4) is 0 Å². The smallest absolute Gasteiger partial charge is 0.240 e. The van der Waals surface area contributed by atoms with E-state index < -0.39 is 0 Å². The molecule has 1 aliphatic rings. The number of carbonyl (C=O) groups excluding carboxylic acids is 2. The second-order valence-corrected chi connectivity index (χ2v) is 11.2. The Labute approximate surface area is 241 Å². The van der Waals surface area contributed by atoms with Crippen LogP contribution in [0, 0.1) is 5.82 Å². The number of thioether (sulfide) groups is 1. The van der Waals surface area contributed by atoms with E-state index in [0.717, 1.165) is 16.7 Å². The number of halogens is 2. The minimum Gasteiger partial charge on any atom is -0.353 e. The van der Waals surface area contributed by atoms with Gasteiger partial charge in [0.1, 0.15) is 18.2 Å². The third-order valence-corrected chi connectivity index (χ3v) is 8.16. The highest BCUT2D eigenvalue weighted by Gasteiger charge is 2.38. The monoisotopic (exact) mass is 577 g/mol. The molecule has 0 spiro atoms. The van der Waals surface area contributed by atoms with Crippen molar-refractivity contribution in [1.29, 1.82) is 0 Å². The molecule has 1 atom stereocenters. The topological polar surface area (TPSA) is 70.5 Å². The number of nitrogens with one attached hydrogen (secondary N) is 1. The van der Waals surface area contributed by atoms with Crippen LogP contribution < -0.4 is 10.2 Å². The van der Waals surface area contributed by atoms with Crippen molar-refractivity contribution in [3.63, 3.8) is 0 Å². The van der Waals surface area contributed by atoms with Crippen molar-refractivity contribution in [2.45, 2.75) is 5.25 Å². The average molecular weight is 578 g/mol. The highest BCUT2D eigenvalue weighted by molar-refractivity contribution is 8.00. The molecule has 40 heavy (non-hydrogen) atoms. The van der Waals surface area contributed by atoms with E-state index >= 15 is 0 Å². The van der Waals surface area contributed by atoms with E-state index in [-0.39, 0.29) is 35.2 Å². The fourth-order valence-electron chi connectivity index (χ4n) is 4.64. The summed E-state index contributed by atoms with van der Waals surface area (Å²) in [6.45, 7) is 0.932. The lowest BCUT2D eigenvalue weighted by atomic mass is 9.99. The van der Waals surface area contributed by atoms with Gasteiger partial charge in [-0.2, -0.15) is 5.10 Å². The lowest BCUT2D eigenvalue weighted by Crippen LogP contribution is -2.43. The molecule has 10 heteroatoms. The van der Waals surface area contributed by atoms with Crippen LogP contribution in [0.2, 0.25) is 5.02 Å². The first-order chi connectivity index (χ1) is 19.3. The number of likely N-dealkylation sites (N-methyl/N-ethyl adjacent to an activating group) is 1. The van der Waals surface area contributed by atoms with Gasteiger partial charge in [0.15, 0.2) is 0 Å². The lowest BCUT2D eigenvalue weighted by Gasteiger charge is -2.23. The summed E-state index contributed by atoms with van der Waals surface area (Å²) in [5.74, 6) is -0.300. The maximum atomic E-state index is 13.9. The molecule has 1 N–H and O–H groups in total. The number of fused-ring (bicyclic) bond motifs is 1. The molecule has 0 radical (unpaired) electrons. The maximum Gasteiger partial charge on any atom is 0.240 e. The van der Waals surface area contributed by atoms with E-state index in [9.17, 15) is 14.0 Å². The van der Waals surface area contributed by atoms with Gasteiger partial charge in [-0.25, -0.2) is 9.07 Å². The van der Waals surface area contributed by atoms with E-state index in [4.69, 9.17) is 16.7 Å². The zero-order valence-corrected chi connectivity index (χ0v) is 23.8. The van der Waals surface area contributed by atoms with Crippen molar-refractivity contribution < 1.29 is 14.0 Å². The van der Waals surface area contributed by atoms with Crippen LogP contribution in [-0.2, 0) is 9.59 Å². The molecule has 3 aromatic carbocycles. The van der Waals surface area contributed by atoms with Gasteiger partial charge in [-0.1, -0.05) is 60.1 Å². The van der Waals surface area contributed by atoms with Crippen LogP contribution in [0.5, 0.6) is 0 Å². The quantitative estimate of drug-likeness (QED) is 0.313. The molecule has 1 aliphatic heterocycles. The van der Waals surface area contributed by atoms with Crippen molar-refractivity contribution in [3.8, 4) is 16.9 Å². The molecule has 0 aliphatic carbocycles. The van der Waals surface area contributed by atoms with Crippen LogP contribution in [-0.4, -0.2) is 66.0 Å². The fourth-order valence-corrected chi connectivity index (χ4v) is 6.19. The van der Waals surface area contributed by atoms with E-state index in [0.29, 0.717) is 35.3 Å². The summed E-state index contributed by atoms with van der Waals surface area (Å²) >= 11 is 8.16. The summed E-state index contributed by atoms with van der Waals surface area (Å²) < 4.78 is 15.6. The SMILES string of the molecule is CN(C)CCNC(=O)CN1C(=O)CS[C@H](c2ccccc2Cl)c2c(-c3ccccc3)nn(-c3ccc(F)cc3)c21. The molecule has 1 aromatic heterocycles. The van der Waals surface area contributed by atoms with Crippen LogP contribution >= 0.6 is 23.4 Å². The first-order valence-electron chi connectivity index (χ1n) is 12.9. The number of rotatable bonds is 8. The molecule has 0 saturated carbocycles. The molecule has 7 nitrogen and oxygen atoms in total. The van der Waals surface area contributed by atoms with Crippen LogP contribution in [0.4, 0.5) is 10.2 Å². The molecular formula is C30H29ClFN5O2S. The Balaban J connectivity index is 1.73. The van der Waals surface area contributed by atoms with Gasteiger partial charge in [-0.05, 0) is 50.0 Å². The zero-order valence-electron chi connectivity index (χ0n) is 22.2. The van der Waals surface area contributed by atoms with Crippen LogP contribution in [0.1, 0.15) is 16.4 Å². The molecule has 2 amide bonds. The Morgan fingerprint density at radius 1 is 1.07 bits per heavy atom. The number of benzene rings is 3. The summed E-state index contributed by atoms with van der Waals surface area (Å²) in [6.07, 6.45) is 0. The fraction of sp³-hybridized carbons (Fsp3) is 0.233. The molecule has 0 bridgehead atoms. The molecule has 0 unspecified atom stereocenters. The molecular weight excluding hydrogens is 549 g/mol. The predicted molar refractivity (Wildman–Crippen MR) is 159 cm³/mol. The lowest BCUT2D eigenvalue weighted by molar-refractivity contribution is -0.122. The molecule has 0 fully saturated rings. The van der Waals surface area contributed by atoms with E-state index in [1.165, 1.54) is 28.8 Å². The zero-order chi connectivity index (χ0) is 28.2. The van der Waals surface area contributed by atoms with Crippen molar-refractivity contribution >= 4 is 41.0 Å². The Morgan fingerprint density at radius 2 is 1.77 bits per heavy atom. The van der Waals surface area contributed by atoms with Crippen molar-refractivity contribution in [1.82, 2.24) is 20.0 Å². The Kier molecular flexibility index (Phi) is 8.54. The minimum absolute atomic E-state index is 0.132. The highest BCUT2D eigenvalue weighted by Crippen LogP contribution is 2.49. The first kappa shape index (κ1) is 27.9. The molecule has 5 rings (SSSR count). The number of carbonyl (C=O) groups is 2. The normalized spacial score (nSPS) is 15.2. The Hall–Kier alpha value is -3.66. The van der Waals surface area contributed by atoms with Gasteiger partial charge in [0, 0.05) is 29.2 Å². The third kappa shape index (κ3) is 5.91. The second kappa shape index (κ2) is 12.2. The molecule has 2 heterocycles. The van der Waals surface area contributed by atoms with Crippen molar-refractivity contribution in [2.75, 3.05) is 44.4 Å². The summed E-state index contributed by atoms with van der Waals surface area (Å²) in [4.78, 5) is 30.3. The summed E-state index contributed by atoms with van der Waals surface area (Å²) in [6, 6.07) is 23.2. The summed E-state index contributed by atoms with van der Waals surface area (Å²) in [5.41, 5.74) is 3.68. The maximum absolute atomic E-state index is 13.9. The van der Waals surface area contributed by atoms with Gasteiger partial charge in [-0.15, -0.1) is 11.8 Å². The Bertz CT molecular complexity index is 1510. The van der Waals surface area contributed by atoms with Crippen LogP contribution in [0.15, 0.2) is 78.9 Å². The standard InChI is InChI=1S/C30H29ClFN5O2S/c1-35(2)17-16-33-25(38)18-36-26(39)19-40-29(23-10-6-7-11-24(23)31)27-28(20-8-4-3-5-9-20)34-37(30(27)36)22-14-12-21(32)13-15-22/h3-15,29H,16-19H2,1-2H3,(H,33,38)/t29-/m1/s1. The molecule has 4 aromatic rings. The van der Waals surface area contributed by atoms with Crippen LogP contribution in [0.25, 0.3) is 16.9 Å². The number of amides is 2. The van der Waals surface area contributed by atoms with Gasteiger partial charge >= 0.3 is 0 Å².